The maximum atomic E-state index is 11.9. The SMILES string of the molecule is COc1ccc(OC2CCN(Cc3nc(N4CCCN(C(C)=O)CC4)c4ccccc4n3)CC2)cc1. The summed E-state index contributed by atoms with van der Waals surface area (Å²) >= 11 is 0. The molecule has 5 rings (SSSR count). The van der Waals surface area contributed by atoms with Crippen molar-refractivity contribution in [2.45, 2.75) is 38.8 Å². The van der Waals surface area contributed by atoms with Crippen LogP contribution in [-0.2, 0) is 11.3 Å². The number of nitrogens with zero attached hydrogens (tertiary/aromatic N) is 5. The number of methoxy groups -OCH3 is 1. The number of fused-ring (bicyclic) bond motifs is 1. The van der Waals surface area contributed by atoms with Gasteiger partial charge < -0.3 is 19.3 Å². The molecule has 0 saturated carbocycles. The summed E-state index contributed by atoms with van der Waals surface area (Å²) in [7, 11) is 1.67. The van der Waals surface area contributed by atoms with Crippen molar-refractivity contribution in [1.29, 1.82) is 0 Å². The Balaban J connectivity index is 1.25. The van der Waals surface area contributed by atoms with E-state index in [4.69, 9.17) is 19.4 Å². The number of ether oxygens (including phenoxy) is 2. The van der Waals surface area contributed by atoms with E-state index >= 15 is 0 Å². The van der Waals surface area contributed by atoms with Gasteiger partial charge in [0.25, 0.3) is 0 Å². The van der Waals surface area contributed by atoms with Crippen molar-refractivity contribution in [1.82, 2.24) is 19.8 Å². The van der Waals surface area contributed by atoms with E-state index in [-0.39, 0.29) is 12.0 Å². The monoisotopic (exact) mass is 489 g/mol. The average Bonchev–Trinajstić information content (AvgIpc) is 3.16. The number of piperidine rings is 1. The average molecular weight is 490 g/mol. The minimum absolute atomic E-state index is 0.143. The summed E-state index contributed by atoms with van der Waals surface area (Å²) in [4.78, 5) is 28.5. The number of hydrogen-bond donors (Lipinski definition) is 0. The second kappa shape index (κ2) is 11.1. The highest BCUT2D eigenvalue weighted by molar-refractivity contribution is 5.89. The molecule has 3 aromatic rings. The first-order valence-electron chi connectivity index (χ1n) is 12.9. The van der Waals surface area contributed by atoms with Gasteiger partial charge in [0, 0.05) is 51.6 Å². The molecule has 8 nitrogen and oxygen atoms in total. The number of likely N-dealkylation sites (tertiary alicyclic amines) is 1. The van der Waals surface area contributed by atoms with Crippen LogP contribution in [0.15, 0.2) is 48.5 Å². The molecule has 2 saturated heterocycles. The highest BCUT2D eigenvalue weighted by Crippen LogP contribution is 2.27. The lowest BCUT2D eigenvalue weighted by atomic mass is 10.1. The Labute approximate surface area is 212 Å². The lowest BCUT2D eigenvalue weighted by Crippen LogP contribution is -2.38. The third kappa shape index (κ3) is 5.70. The molecule has 0 unspecified atom stereocenters. The predicted octanol–water partition coefficient (Wildman–Crippen LogP) is 3.74. The zero-order valence-corrected chi connectivity index (χ0v) is 21.2. The number of para-hydroxylation sites is 1. The number of anilines is 1. The predicted molar refractivity (Wildman–Crippen MR) is 141 cm³/mol. The molecule has 36 heavy (non-hydrogen) atoms. The lowest BCUT2D eigenvalue weighted by molar-refractivity contribution is -0.128. The van der Waals surface area contributed by atoms with E-state index < -0.39 is 0 Å². The van der Waals surface area contributed by atoms with Crippen molar-refractivity contribution in [3.05, 3.63) is 54.4 Å². The third-order valence-corrected chi connectivity index (χ3v) is 7.13. The number of amides is 1. The van der Waals surface area contributed by atoms with Crippen LogP contribution in [0.25, 0.3) is 10.9 Å². The lowest BCUT2D eigenvalue weighted by Gasteiger charge is -2.32. The summed E-state index contributed by atoms with van der Waals surface area (Å²) in [5.41, 5.74) is 0.975. The van der Waals surface area contributed by atoms with Gasteiger partial charge in [0.1, 0.15) is 29.2 Å². The number of aromatic nitrogens is 2. The molecule has 1 aromatic heterocycles. The van der Waals surface area contributed by atoms with Crippen LogP contribution < -0.4 is 14.4 Å². The zero-order valence-electron chi connectivity index (χ0n) is 21.2. The Morgan fingerprint density at radius 3 is 2.42 bits per heavy atom. The zero-order chi connectivity index (χ0) is 24.9. The number of benzene rings is 2. The van der Waals surface area contributed by atoms with Gasteiger partial charge in [-0.25, -0.2) is 9.97 Å². The van der Waals surface area contributed by atoms with Gasteiger partial charge in [-0.2, -0.15) is 0 Å². The molecule has 3 heterocycles. The van der Waals surface area contributed by atoms with Crippen molar-refractivity contribution in [2.75, 3.05) is 51.3 Å². The molecular formula is C28H35N5O3. The van der Waals surface area contributed by atoms with E-state index in [9.17, 15) is 4.79 Å². The van der Waals surface area contributed by atoms with E-state index in [1.807, 2.05) is 41.3 Å². The van der Waals surface area contributed by atoms with Crippen LogP contribution in [0.3, 0.4) is 0 Å². The molecule has 0 spiro atoms. The Bertz CT molecular complexity index is 1180. The summed E-state index contributed by atoms with van der Waals surface area (Å²) in [5, 5.41) is 1.07. The molecule has 190 valence electrons. The van der Waals surface area contributed by atoms with Crippen LogP contribution in [0.4, 0.5) is 5.82 Å². The van der Waals surface area contributed by atoms with Gasteiger partial charge in [-0.3, -0.25) is 9.69 Å². The van der Waals surface area contributed by atoms with E-state index in [2.05, 4.69) is 21.9 Å². The quantitative estimate of drug-likeness (QED) is 0.522. The summed E-state index contributed by atoms with van der Waals surface area (Å²) < 4.78 is 11.4. The molecule has 0 bridgehead atoms. The Morgan fingerprint density at radius 1 is 0.917 bits per heavy atom. The molecule has 0 aliphatic carbocycles. The number of rotatable bonds is 6. The van der Waals surface area contributed by atoms with E-state index in [0.717, 1.165) is 99.1 Å². The summed E-state index contributed by atoms with van der Waals surface area (Å²) in [6.07, 6.45) is 3.09. The van der Waals surface area contributed by atoms with Crippen LogP contribution in [0, 0.1) is 0 Å². The normalized spacial score (nSPS) is 17.7. The van der Waals surface area contributed by atoms with E-state index in [1.54, 1.807) is 14.0 Å². The van der Waals surface area contributed by atoms with Crippen molar-refractivity contribution in [2.24, 2.45) is 0 Å². The molecule has 1 amide bonds. The Kier molecular flexibility index (Phi) is 7.51. The van der Waals surface area contributed by atoms with Gasteiger partial charge in [0.2, 0.25) is 5.91 Å². The minimum Gasteiger partial charge on any atom is -0.497 e. The van der Waals surface area contributed by atoms with Gasteiger partial charge >= 0.3 is 0 Å². The van der Waals surface area contributed by atoms with Crippen LogP contribution in [-0.4, -0.2) is 78.2 Å². The maximum Gasteiger partial charge on any atom is 0.219 e. The summed E-state index contributed by atoms with van der Waals surface area (Å²) in [6.45, 7) is 7.47. The van der Waals surface area contributed by atoms with Gasteiger partial charge in [-0.15, -0.1) is 0 Å². The molecule has 8 heteroatoms. The third-order valence-electron chi connectivity index (χ3n) is 7.13. The molecule has 2 aromatic carbocycles. The fourth-order valence-corrected chi connectivity index (χ4v) is 5.09. The topological polar surface area (TPSA) is 71.0 Å². The van der Waals surface area contributed by atoms with Crippen molar-refractivity contribution in [3.63, 3.8) is 0 Å². The van der Waals surface area contributed by atoms with Gasteiger partial charge in [-0.1, -0.05) is 12.1 Å². The second-order valence-electron chi connectivity index (χ2n) is 9.60. The molecule has 2 fully saturated rings. The molecule has 0 radical (unpaired) electrons. The smallest absolute Gasteiger partial charge is 0.219 e. The van der Waals surface area contributed by atoms with Crippen molar-refractivity contribution >= 4 is 22.6 Å². The fourth-order valence-electron chi connectivity index (χ4n) is 5.09. The van der Waals surface area contributed by atoms with Gasteiger partial charge in [0.15, 0.2) is 0 Å². The van der Waals surface area contributed by atoms with Crippen LogP contribution >= 0.6 is 0 Å². The second-order valence-corrected chi connectivity index (χ2v) is 9.60. The molecular weight excluding hydrogens is 454 g/mol. The van der Waals surface area contributed by atoms with E-state index in [1.165, 1.54) is 0 Å². The van der Waals surface area contributed by atoms with Gasteiger partial charge in [-0.05, 0) is 55.7 Å². The maximum absolute atomic E-state index is 11.9. The van der Waals surface area contributed by atoms with Crippen LogP contribution in [0.2, 0.25) is 0 Å². The van der Waals surface area contributed by atoms with Crippen LogP contribution in [0.5, 0.6) is 11.5 Å². The standard InChI is InChI=1S/C28H35N5O3/c1-21(34)32-14-5-15-33(19-18-32)28-25-6-3-4-7-26(25)29-27(30-28)20-31-16-12-24(13-17-31)36-23-10-8-22(35-2)9-11-23/h3-4,6-11,24H,5,12-20H2,1-2H3. The van der Waals surface area contributed by atoms with E-state index in [0.29, 0.717) is 0 Å². The molecule has 0 N–H and O–H groups in total. The highest BCUT2D eigenvalue weighted by atomic mass is 16.5. The first-order valence-corrected chi connectivity index (χ1v) is 12.9. The van der Waals surface area contributed by atoms with Crippen molar-refractivity contribution in [3.8, 4) is 11.5 Å². The first-order chi connectivity index (χ1) is 17.6. The first kappa shape index (κ1) is 24.3. The Hall–Kier alpha value is -3.39. The number of carbonyl (C=O) groups is 1. The highest BCUT2D eigenvalue weighted by Gasteiger charge is 2.24. The Morgan fingerprint density at radius 2 is 1.67 bits per heavy atom. The van der Waals surface area contributed by atoms with Gasteiger partial charge in [0.05, 0.1) is 19.2 Å². The molecule has 2 aliphatic rings. The molecule has 0 atom stereocenters. The minimum atomic E-state index is 0.143. The fraction of sp³-hybridized carbons (Fsp3) is 0.464. The number of hydrogen-bond acceptors (Lipinski definition) is 7. The molecule has 2 aliphatic heterocycles. The summed E-state index contributed by atoms with van der Waals surface area (Å²) in [5.74, 6) is 3.70. The largest absolute Gasteiger partial charge is 0.497 e. The summed E-state index contributed by atoms with van der Waals surface area (Å²) in [6, 6.07) is 16.0. The van der Waals surface area contributed by atoms with Crippen molar-refractivity contribution < 1.29 is 14.3 Å². The van der Waals surface area contributed by atoms with Crippen LogP contribution in [0.1, 0.15) is 32.0 Å². The number of carbonyl (C=O) groups excluding carboxylic acids is 1.